The fraction of sp³-hybridized carbons (Fsp3) is 0.500. The molecular weight excluding hydrogens is 482 g/mol. The van der Waals surface area contributed by atoms with Crippen molar-refractivity contribution in [3.8, 4) is 17.2 Å². The number of aryl methyl sites for hydroxylation is 3. The summed E-state index contributed by atoms with van der Waals surface area (Å²) in [6.07, 6.45) is 4.68. The van der Waals surface area contributed by atoms with E-state index >= 15 is 0 Å². The lowest BCUT2D eigenvalue weighted by Gasteiger charge is -2.31. The summed E-state index contributed by atoms with van der Waals surface area (Å²) in [5, 5.41) is 11.4. The minimum atomic E-state index is -1.12. The first-order chi connectivity index (χ1) is 18.3. The molecule has 2 aromatic carbocycles. The second-order valence-electron chi connectivity index (χ2n) is 10.2. The molecule has 1 atom stereocenters. The van der Waals surface area contributed by atoms with Gasteiger partial charge in [0.05, 0.1) is 26.9 Å². The Morgan fingerprint density at radius 1 is 1.08 bits per heavy atom. The number of hydrogen-bond donors (Lipinski definition) is 1. The number of β-amino-alcohol motifs (C(OH)–C–C–N with tert-alkyl or cyclic N) is 1. The Morgan fingerprint density at radius 3 is 2.71 bits per heavy atom. The van der Waals surface area contributed by atoms with Gasteiger partial charge in [0.15, 0.2) is 11.5 Å². The molecule has 38 heavy (non-hydrogen) atoms. The first kappa shape index (κ1) is 28.0. The van der Waals surface area contributed by atoms with Crippen molar-refractivity contribution in [2.24, 2.45) is 0 Å². The lowest BCUT2D eigenvalue weighted by Crippen LogP contribution is -2.48. The molecule has 0 saturated carbocycles. The summed E-state index contributed by atoms with van der Waals surface area (Å²) >= 11 is 0. The molecule has 0 spiro atoms. The fourth-order valence-electron chi connectivity index (χ4n) is 4.88. The SMILES string of the molecule is CCc1nccn1CCOc1cc(CN2CCOC[C@](O)(COc3cc(C)cc(C)c3C)C2)ccc1OC. The predicted molar refractivity (Wildman–Crippen MR) is 147 cm³/mol. The van der Waals surface area contributed by atoms with Gasteiger partial charge in [0.2, 0.25) is 0 Å². The molecule has 4 rings (SSSR count). The van der Waals surface area contributed by atoms with E-state index in [0.717, 1.165) is 34.7 Å². The van der Waals surface area contributed by atoms with Crippen molar-refractivity contribution in [3.63, 3.8) is 0 Å². The fourth-order valence-corrected chi connectivity index (χ4v) is 4.88. The van der Waals surface area contributed by atoms with Gasteiger partial charge in [-0.1, -0.05) is 19.1 Å². The number of aromatic nitrogens is 2. The van der Waals surface area contributed by atoms with E-state index in [9.17, 15) is 5.11 Å². The molecule has 1 aromatic heterocycles. The Labute approximate surface area is 226 Å². The average molecular weight is 524 g/mol. The van der Waals surface area contributed by atoms with Crippen LogP contribution < -0.4 is 14.2 Å². The van der Waals surface area contributed by atoms with Gasteiger partial charge in [0.1, 0.15) is 30.4 Å². The van der Waals surface area contributed by atoms with Gasteiger partial charge in [-0.25, -0.2) is 4.98 Å². The van der Waals surface area contributed by atoms with Gasteiger partial charge in [-0.2, -0.15) is 0 Å². The highest BCUT2D eigenvalue weighted by Crippen LogP contribution is 2.30. The number of methoxy groups -OCH3 is 1. The minimum Gasteiger partial charge on any atom is -0.493 e. The molecule has 0 bridgehead atoms. The first-order valence-electron chi connectivity index (χ1n) is 13.3. The number of rotatable bonds is 11. The van der Waals surface area contributed by atoms with Gasteiger partial charge >= 0.3 is 0 Å². The van der Waals surface area contributed by atoms with Gasteiger partial charge < -0.3 is 28.6 Å². The van der Waals surface area contributed by atoms with Crippen molar-refractivity contribution >= 4 is 0 Å². The number of benzene rings is 2. The molecule has 3 aromatic rings. The Bertz CT molecular complexity index is 1210. The molecule has 206 valence electrons. The highest BCUT2D eigenvalue weighted by atomic mass is 16.5. The molecule has 1 fully saturated rings. The van der Waals surface area contributed by atoms with Crippen molar-refractivity contribution < 1.29 is 24.1 Å². The minimum absolute atomic E-state index is 0.165. The quantitative estimate of drug-likeness (QED) is 0.405. The van der Waals surface area contributed by atoms with Crippen LogP contribution in [-0.4, -0.2) is 71.8 Å². The molecule has 8 heteroatoms. The third-order valence-corrected chi connectivity index (χ3v) is 7.04. The van der Waals surface area contributed by atoms with Gasteiger partial charge in [-0.15, -0.1) is 0 Å². The standard InChI is InChI=1S/C30H41N3O5/c1-6-29-31-9-10-33(29)12-14-37-28-17-25(7-8-26(28)35-5)18-32-11-13-36-20-30(34,19-32)21-38-27-16-22(2)15-23(3)24(27)4/h7-10,15-17,34H,6,11-14,18-21H2,1-5H3/t30-/m0/s1. The van der Waals surface area contributed by atoms with E-state index in [2.05, 4.69) is 41.3 Å². The molecule has 0 radical (unpaired) electrons. The van der Waals surface area contributed by atoms with Crippen LogP contribution in [0, 0.1) is 20.8 Å². The molecular formula is C30H41N3O5. The zero-order valence-corrected chi connectivity index (χ0v) is 23.3. The summed E-state index contributed by atoms with van der Waals surface area (Å²) in [5.74, 6) is 3.26. The molecule has 0 unspecified atom stereocenters. The molecule has 1 N–H and O–H groups in total. The van der Waals surface area contributed by atoms with E-state index in [4.69, 9.17) is 18.9 Å². The van der Waals surface area contributed by atoms with Gasteiger partial charge in [-0.05, 0) is 61.2 Å². The summed E-state index contributed by atoms with van der Waals surface area (Å²) < 4.78 is 25.7. The summed E-state index contributed by atoms with van der Waals surface area (Å²) in [5.41, 5.74) is 3.37. The van der Waals surface area contributed by atoms with E-state index in [1.165, 1.54) is 5.56 Å². The Hall–Kier alpha value is -3.07. The molecule has 1 aliphatic heterocycles. The molecule has 1 saturated heterocycles. The maximum absolute atomic E-state index is 11.4. The van der Waals surface area contributed by atoms with Gasteiger partial charge in [0.25, 0.3) is 0 Å². The number of nitrogens with zero attached hydrogens (tertiary/aromatic N) is 3. The van der Waals surface area contributed by atoms with Crippen LogP contribution in [0.5, 0.6) is 17.2 Å². The molecule has 8 nitrogen and oxygen atoms in total. The monoisotopic (exact) mass is 523 g/mol. The van der Waals surface area contributed by atoms with E-state index in [1.807, 2.05) is 43.6 Å². The third kappa shape index (κ3) is 7.07. The van der Waals surface area contributed by atoms with E-state index in [-0.39, 0.29) is 13.2 Å². The highest BCUT2D eigenvalue weighted by molar-refractivity contribution is 5.43. The lowest BCUT2D eigenvalue weighted by atomic mass is 10.0. The second-order valence-corrected chi connectivity index (χ2v) is 10.2. The highest BCUT2D eigenvalue weighted by Gasteiger charge is 2.34. The zero-order chi connectivity index (χ0) is 27.1. The predicted octanol–water partition coefficient (Wildman–Crippen LogP) is 4.10. The van der Waals surface area contributed by atoms with Crippen molar-refractivity contribution in [2.45, 2.75) is 52.8 Å². The third-order valence-electron chi connectivity index (χ3n) is 7.04. The average Bonchev–Trinajstić information content (AvgIpc) is 3.27. The summed E-state index contributed by atoms with van der Waals surface area (Å²) in [7, 11) is 1.65. The number of ether oxygens (including phenoxy) is 4. The van der Waals surface area contributed by atoms with Crippen molar-refractivity contribution in [1.82, 2.24) is 14.5 Å². The Kier molecular flexibility index (Phi) is 9.31. The van der Waals surface area contributed by atoms with Gasteiger partial charge in [-0.3, -0.25) is 4.90 Å². The van der Waals surface area contributed by atoms with E-state index in [1.54, 1.807) is 7.11 Å². The summed E-state index contributed by atoms with van der Waals surface area (Å²) in [6, 6.07) is 10.2. The normalized spacial score (nSPS) is 18.3. The van der Waals surface area contributed by atoms with Gasteiger partial charge in [0, 0.05) is 38.4 Å². The van der Waals surface area contributed by atoms with Crippen LogP contribution in [0.25, 0.3) is 0 Å². The maximum Gasteiger partial charge on any atom is 0.161 e. The van der Waals surface area contributed by atoms with E-state index in [0.29, 0.717) is 50.9 Å². The summed E-state index contributed by atoms with van der Waals surface area (Å²) in [4.78, 5) is 6.58. The molecule has 0 amide bonds. The topological polar surface area (TPSA) is 78.2 Å². The molecule has 1 aliphatic rings. The smallest absolute Gasteiger partial charge is 0.161 e. The van der Waals surface area contributed by atoms with Crippen LogP contribution in [0.15, 0.2) is 42.7 Å². The second kappa shape index (κ2) is 12.7. The van der Waals surface area contributed by atoms with E-state index < -0.39 is 5.60 Å². The largest absolute Gasteiger partial charge is 0.493 e. The number of aliphatic hydroxyl groups is 1. The van der Waals surface area contributed by atoms with Crippen LogP contribution in [0.3, 0.4) is 0 Å². The summed E-state index contributed by atoms with van der Waals surface area (Å²) in [6.45, 7) is 12.3. The van der Waals surface area contributed by atoms with Crippen molar-refractivity contribution in [3.05, 3.63) is 70.8 Å². The number of imidazole rings is 1. The van der Waals surface area contributed by atoms with Crippen molar-refractivity contribution in [1.29, 1.82) is 0 Å². The molecule has 0 aliphatic carbocycles. The maximum atomic E-state index is 11.4. The molecule has 2 heterocycles. The van der Waals surface area contributed by atoms with Crippen LogP contribution in [-0.2, 0) is 24.2 Å². The lowest BCUT2D eigenvalue weighted by molar-refractivity contribution is -0.0648. The van der Waals surface area contributed by atoms with Crippen LogP contribution in [0.1, 0.15) is 35.0 Å². The van der Waals surface area contributed by atoms with Crippen LogP contribution in [0.4, 0.5) is 0 Å². The Balaban J connectivity index is 1.40. The number of hydrogen-bond acceptors (Lipinski definition) is 7. The van der Waals surface area contributed by atoms with Crippen LogP contribution >= 0.6 is 0 Å². The van der Waals surface area contributed by atoms with Crippen molar-refractivity contribution in [2.75, 3.05) is 46.6 Å². The zero-order valence-electron chi connectivity index (χ0n) is 23.3. The van der Waals surface area contributed by atoms with Crippen LogP contribution in [0.2, 0.25) is 0 Å². The Morgan fingerprint density at radius 2 is 1.92 bits per heavy atom. The first-order valence-corrected chi connectivity index (χ1v) is 13.3.